The molecule has 0 N–H and O–H groups in total. The molecule has 40 heavy (non-hydrogen) atoms. The fraction of sp³-hybridized carbons (Fsp3) is 0.0606. The van der Waals surface area contributed by atoms with Gasteiger partial charge in [0.1, 0.15) is 0 Å². The monoisotopic (exact) mass is 701 g/mol. The zero-order chi connectivity index (χ0) is 26.3. The fourth-order valence-electron chi connectivity index (χ4n) is 4.85. The summed E-state index contributed by atoms with van der Waals surface area (Å²) in [5.41, 5.74) is 5.00. The van der Waals surface area contributed by atoms with Crippen LogP contribution in [0.5, 0.6) is 23.1 Å². The molecule has 0 atom stereocenters. The van der Waals surface area contributed by atoms with Crippen LogP contribution in [0.2, 0.25) is 0 Å². The van der Waals surface area contributed by atoms with E-state index in [-0.39, 0.29) is 21.1 Å². The van der Waals surface area contributed by atoms with Gasteiger partial charge in [-0.15, -0.1) is 29.4 Å². The van der Waals surface area contributed by atoms with Crippen molar-refractivity contribution in [1.29, 1.82) is 0 Å². The molecule has 0 bridgehead atoms. The number of nitrogens with zero attached hydrogens (tertiary/aromatic N) is 4. The molecule has 0 amide bonds. The summed E-state index contributed by atoms with van der Waals surface area (Å²) in [6, 6.07) is 36.4. The van der Waals surface area contributed by atoms with Crippen LogP contribution in [0.4, 0.5) is 0 Å². The summed E-state index contributed by atoms with van der Waals surface area (Å²) < 4.78 is 14.2. The van der Waals surface area contributed by atoms with Crippen molar-refractivity contribution in [1.82, 2.24) is 19.6 Å². The van der Waals surface area contributed by atoms with Gasteiger partial charge in [0.2, 0.25) is 5.88 Å². The summed E-state index contributed by atoms with van der Waals surface area (Å²) in [5.74, 6) is 2.87. The van der Waals surface area contributed by atoms with E-state index in [9.17, 15) is 0 Å². The van der Waals surface area contributed by atoms with Crippen LogP contribution in [-0.4, -0.2) is 19.6 Å². The van der Waals surface area contributed by atoms with Crippen LogP contribution in [0, 0.1) is 26.0 Å². The normalized spacial score (nSPS) is 11.1. The van der Waals surface area contributed by atoms with Crippen LogP contribution < -0.4 is 9.47 Å². The molecule has 0 radical (unpaired) electrons. The van der Waals surface area contributed by atoms with E-state index < -0.39 is 0 Å². The van der Waals surface area contributed by atoms with Gasteiger partial charge in [-0.3, -0.25) is 0 Å². The summed E-state index contributed by atoms with van der Waals surface area (Å²) in [4.78, 5) is 4.26. The zero-order valence-corrected chi connectivity index (χ0v) is 23.9. The molecular weight excluding hydrogens is 679 g/mol. The number of ether oxygens (including phenoxy) is 2. The van der Waals surface area contributed by atoms with Crippen LogP contribution in [0.25, 0.3) is 38.7 Å². The largest absolute Gasteiger partial charge is 2.00 e. The van der Waals surface area contributed by atoms with Crippen molar-refractivity contribution in [2.45, 2.75) is 13.8 Å². The molecule has 3 aromatic heterocycles. The molecule has 0 aliphatic heterocycles. The van der Waals surface area contributed by atoms with Crippen molar-refractivity contribution in [2.75, 3.05) is 0 Å². The Labute approximate surface area is 245 Å². The summed E-state index contributed by atoms with van der Waals surface area (Å²) in [6.07, 6.45) is 1.72. The number of fused-ring (bicyclic) bond motifs is 6. The third-order valence-electron chi connectivity index (χ3n) is 6.69. The second kappa shape index (κ2) is 10.6. The van der Waals surface area contributed by atoms with Crippen LogP contribution in [0.15, 0.2) is 97.2 Å². The van der Waals surface area contributed by atoms with Crippen molar-refractivity contribution in [2.24, 2.45) is 0 Å². The van der Waals surface area contributed by atoms with Gasteiger partial charge in [-0.05, 0) is 42.5 Å². The zero-order valence-electron chi connectivity index (χ0n) is 21.7. The smallest absolute Gasteiger partial charge is 0.503 e. The van der Waals surface area contributed by atoms with Gasteiger partial charge in [0.05, 0.1) is 5.65 Å². The molecule has 0 aliphatic rings. The topological polar surface area (TPSA) is 61.5 Å². The average molecular weight is 702 g/mol. The third kappa shape index (κ3) is 4.61. The summed E-state index contributed by atoms with van der Waals surface area (Å²) in [7, 11) is 0. The van der Waals surface area contributed by atoms with Crippen molar-refractivity contribution in [3.8, 4) is 34.5 Å². The number of hydrogen-bond acceptors (Lipinski definition) is 5. The molecule has 196 valence electrons. The van der Waals surface area contributed by atoms with E-state index in [0.29, 0.717) is 23.1 Å². The van der Waals surface area contributed by atoms with E-state index >= 15 is 0 Å². The van der Waals surface area contributed by atoms with E-state index in [0.717, 1.165) is 49.8 Å². The summed E-state index contributed by atoms with van der Waals surface area (Å²) in [6.45, 7) is 4.08. The average Bonchev–Trinajstić information content (AvgIpc) is 3.39. The number of pyridine rings is 2. The van der Waals surface area contributed by atoms with Gasteiger partial charge in [0, 0.05) is 40.6 Å². The molecule has 0 saturated carbocycles. The van der Waals surface area contributed by atoms with Crippen LogP contribution >= 0.6 is 0 Å². The summed E-state index contributed by atoms with van der Waals surface area (Å²) >= 11 is 0. The minimum absolute atomic E-state index is 0. The number of hydrogen-bond donors (Lipinski definition) is 0. The number of aryl methyl sites for hydroxylation is 2. The Morgan fingerprint density at radius 2 is 1.48 bits per heavy atom. The minimum Gasteiger partial charge on any atom is -0.503 e. The first-order valence-electron chi connectivity index (χ1n) is 12.6. The third-order valence-corrected chi connectivity index (χ3v) is 6.69. The van der Waals surface area contributed by atoms with Crippen LogP contribution in [-0.2, 0) is 21.1 Å². The van der Waals surface area contributed by atoms with Crippen LogP contribution in [0.1, 0.15) is 11.1 Å². The van der Waals surface area contributed by atoms with E-state index in [1.807, 2.05) is 73.7 Å². The first-order chi connectivity index (χ1) is 19.1. The van der Waals surface area contributed by atoms with Gasteiger partial charge in [0.15, 0.2) is 5.82 Å². The number of aromatic nitrogens is 4. The van der Waals surface area contributed by atoms with Crippen molar-refractivity contribution >= 4 is 27.3 Å². The number of rotatable bonds is 5. The van der Waals surface area contributed by atoms with Gasteiger partial charge < -0.3 is 13.9 Å². The SMILES string of the molecule is Cc1ccnc(Oc2[c-]c(Oc3[c-]c4c(cc3)c3ccccc3n3c(-c5ccccc5C)nnc43)ccc2)c1.[Pt+2]. The Hall–Kier alpha value is -4.54. The Kier molecular flexibility index (Phi) is 6.79. The van der Waals surface area contributed by atoms with Gasteiger partial charge in [-0.1, -0.05) is 65.4 Å². The maximum absolute atomic E-state index is 6.19. The summed E-state index contributed by atoms with van der Waals surface area (Å²) in [5, 5.41) is 12.2. The van der Waals surface area contributed by atoms with Crippen molar-refractivity contribution in [3.05, 3.63) is 120 Å². The Bertz CT molecular complexity index is 2020. The predicted octanol–water partition coefficient (Wildman–Crippen LogP) is 7.90. The Morgan fingerprint density at radius 1 is 0.700 bits per heavy atom. The van der Waals surface area contributed by atoms with E-state index in [2.05, 4.69) is 62.9 Å². The maximum atomic E-state index is 6.19. The van der Waals surface area contributed by atoms with Gasteiger partial charge >= 0.3 is 21.1 Å². The molecule has 0 aliphatic carbocycles. The van der Waals surface area contributed by atoms with Gasteiger partial charge in [-0.25, -0.2) is 4.98 Å². The fourth-order valence-corrected chi connectivity index (χ4v) is 4.85. The van der Waals surface area contributed by atoms with Gasteiger partial charge in [0.25, 0.3) is 0 Å². The molecule has 0 fully saturated rings. The first-order valence-corrected chi connectivity index (χ1v) is 12.6. The molecular formula is C33H22N4O2Pt. The molecule has 7 aromatic rings. The van der Waals surface area contributed by atoms with E-state index in [4.69, 9.17) is 9.47 Å². The molecule has 0 spiro atoms. The molecule has 6 nitrogen and oxygen atoms in total. The molecule has 7 heteroatoms. The molecule has 7 rings (SSSR count). The Morgan fingerprint density at radius 3 is 2.33 bits per heavy atom. The van der Waals surface area contributed by atoms with Crippen molar-refractivity contribution < 1.29 is 30.5 Å². The quantitative estimate of drug-likeness (QED) is 0.135. The molecule has 3 heterocycles. The predicted molar refractivity (Wildman–Crippen MR) is 151 cm³/mol. The molecule has 0 saturated heterocycles. The molecule has 4 aromatic carbocycles. The first kappa shape index (κ1) is 25.7. The van der Waals surface area contributed by atoms with Crippen LogP contribution in [0.3, 0.4) is 0 Å². The number of benzene rings is 4. The Balaban J connectivity index is 0.00000289. The standard InChI is InChI=1S/C33H22N4O2.Pt/c1-21-16-17-34-31(18-21)39-24-10-7-9-23(19-24)38-25-14-15-27-28-12-5-6-13-30(28)37-32(26-11-4-3-8-22(26)2)35-36-33(37)29(27)20-25;/h3-18H,1-2H3;/q-2;+2. The second-order valence-corrected chi connectivity index (χ2v) is 9.38. The van der Waals surface area contributed by atoms with E-state index in [1.165, 1.54) is 0 Å². The maximum Gasteiger partial charge on any atom is 2.00 e. The van der Waals surface area contributed by atoms with E-state index in [1.54, 1.807) is 6.20 Å². The number of para-hydroxylation sites is 1. The van der Waals surface area contributed by atoms with Crippen molar-refractivity contribution in [3.63, 3.8) is 0 Å². The molecule has 0 unspecified atom stereocenters. The minimum atomic E-state index is 0. The van der Waals surface area contributed by atoms with Gasteiger partial charge in [-0.2, -0.15) is 11.2 Å². The second-order valence-electron chi connectivity index (χ2n) is 9.38.